The van der Waals surface area contributed by atoms with Crippen LogP contribution in [0.25, 0.3) is 0 Å². The number of aromatic nitrogens is 1. The first kappa shape index (κ1) is 21.1. The molecule has 2 saturated heterocycles. The van der Waals surface area contributed by atoms with Gasteiger partial charge < -0.3 is 19.6 Å². The number of piperidine rings is 2. The number of ether oxygens (including phenoxy) is 1. The summed E-state index contributed by atoms with van der Waals surface area (Å²) in [7, 11) is 0. The fraction of sp³-hybridized carbons (Fsp3) is 0.480. The molecule has 7 heteroatoms. The van der Waals surface area contributed by atoms with Crippen LogP contribution in [0, 0.1) is 12.3 Å². The molecule has 1 atom stereocenters. The highest BCUT2D eigenvalue weighted by Gasteiger charge is 2.46. The molecule has 1 aromatic carbocycles. The number of carbonyl (C=O) groups is 2. The van der Waals surface area contributed by atoms with Gasteiger partial charge in [0.2, 0.25) is 5.91 Å². The summed E-state index contributed by atoms with van der Waals surface area (Å²) in [5.41, 5.74) is 3.90. The lowest BCUT2D eigenvalue weighted by Gasteiger charge is -2.46. The summed E-state index contributed by atoms with van der Waals surface area (Å²) < 4.78 is 5.13. The van der Waals surface area contributed by atoms with E-state index >= 15 is 0 Å². The van der Waals surface area contributed by atoms with Gasteiger partial charge in [-0.25, -0.2) is 4.79 Å². The molecule has 0 saturated carbocycles. The molecule has 2 fully saturated rings. The van der Waals surface area contributed by atoms with Crippen molar-refractivity contribution in [1.29, 1.82) is 0 Å². The zero-order valence-corrected chi connectivity index (χ0v) is 18.4. The highest BCUT2D eigenvalue weighted by atomic mass is 16.5. The smallest absolute Gasteiger partial charge is 0.338 e. The molecule has 1 amide bonds. The molecule has 4 heterocycles. The standard InChI is InChI=1S/C25H29N3O4/c1-17-19(3-4-20-21(17)16-32-23(20)30)22(29)15-27-13-8-25(9-14-27)7-2-12-28(24(25)31)18-5-10-26-11-6-18/h3-6,10-11,22,29H,2,7-9,12-16H2,1H3/t22-/m0/s1. The molecule has 0 radical (unpaired) electrons. The van der Waals surface area contributed by atoms with Gasteiger partial charge >= 0.3 is 5.97 Å². The molecule has 0 aliphatic carbocycles. The molecule has 168 valence electrons. The molecule has 32 heavy (non-hydrogen) atoms. The molecule has 0 bridgehead atoms. The predicted molar refractivity (Wildman–Crippen MR) is 119 cm³/mol. The Labute approximate surface area is 188 Å². The second-order valence-electron chi connectivity index (χ2n) is 9.24. The lowest BCUT2D eigenvalue weighted by atomic mass is 9.71. The van der Waals surface area contributed by atoms with Gasteiger partial charge in [0.1, 0.15) is 6.61 Å². The van der Waals surface area contributed by atoms with E-state index in [2.05, 4.69) is 9.88 Å². The number of benzene rings is 1. The molecule has 0 unspecified atom stereocenters. The molecule has 3 aliphatic heterocycles. The van der Waals surface area contributed by atoms with E-state index in [1.807, 2.05) is 30.0 Å². The van der Waals surface area contributed by atoms with E-state index in [0.29, 0.717) is 12.1 Å². The Hall–Kier alpha value is -2.77. The van der Waals surface area contributed by atoms with Crippen molar-refractivity contribution in [3.8, 4) is 0 Å². The number of aliphatic hydroxyl groups is 1. The molecule has 1 spiro atoms. The monoisotopic (exact) mass is 435 g/mol. The maximum Gasteiger partial charge on any atom is 0.338 e. The van der Waals surface area contributed by atoms with Crippen LogP contribution in [0.15, 0.2) is 36.7 Å². The van der Waals surface area contributed by atoms with Crippen molar-refractivity contribution in [2.45, 2.75) is 45.3 Å². The number of anilines is 1. The predicted octanol–water partition coefficient (Wildman–Crippen LogP) is 3.00. The van der Waals surface area contributed by atoms with Gasteiger partial charge in [-0.3, -0.25) is 9.78 Å². The Balaban J connectivity index is 1.24. The number of amides is 1. The van der Waals surface area contributed by atoms with Crippen molar-refractivity contribution in [2.75, 3.05) is 31.1 Å². The number of aliphatic hydroxyl groups excluding tert-OH is 1. The largest absolute Gasteiger partial charge is 0.457 e. The van der Waals surface area contributed by atoms with Crippen molar-refractivity contribution in [3.05, 3.63) is 58.9 Å². The van der Waals surface area contributed by atoms with Crippen LogP contribution in [0.2, 0.25) is 0 Å². The Morgan fingerprint density at radius 1 is 1.09 bits per heavy atom. The minimum Gasteiger partial charge on any atom is -0.457 e. The van der Waals surface area contributed by atoms with Crippen LogP contribution in [-0.4, -0.2) is 53.0 Å². The van der Waals surface area contributed by atoms with Gasteiger partial charge in [-0.15, -0.1) is 0 Å². The molecule has 7 nitrogen and oxygen atoms in total. The van der Waals surface area contributed by atoms with Gasteiger partial charge in [-0.05, 0) is 75.0 Å². The number of pyridine rings is 1. The van der Waals surface area contributed by atoms with E-state index in [4.69, 9.17) is 4.74 Å². The SMILES string of the molecule is Cc1c([C@@H](O)CN2CCC3(CCCN(c4ccncc4)C3=O)CC2)ccc2c1COC2=O. The first-order valence-corrected chi connectivity index (χ1v) is 11.4. The third-order valence-corrected chi connectivity index (χ3v) is 7.52. The molecular weight excluding hydrogens is 406 g/mol. The van der Waals surface area contributed by atoms with Gasteiger partial charge in [-0.2, -0.15) is 0 Å². The number of carbonyl (C=O) groups excluding carboxylic acids is 2. The zero-order valence-electron chi connectivity index (χ0n) is 18.4. The highest BCUT2D eigenvalue weighted by Crippen LogP contribution is 2.42. The van der Waals surface area contributed by atoms with Crippen molar-refractivity contribution in [2.24, 2.45) is 5.41 Å². The number of fused-ring (bicyclic) bond motifs is 1. The van der Waals surface area contributed by atoms with Crippen LogP contribution < -0.4 is 4.90 Å². The Morgan fingerprint density at radius 3 is 2.59 bits per heavy atom. The normalized spacial score (nSPS) is 21.5. The van der Waals surface area contributed by atoms with Crippen LogP contribution in [-0.2, 0) is 16.1 Å². The third-order valence-electron chi connectivity index (χ3n) is 7.52. The number of likely N-dealkylation sites (tertiary alicyclic amines) is 1. The van der Waals surface area contributed by atoms with Crippen molar-refractivity contribution in [3.63, 3.8) is 0 Å². The average molecular weight is 436 g/mol. The number of hydrogen-bond acceptors (Lipinski definition) is 6. The quantitative estimate of drug-likeness (QED) is 0.744. The summed E-state index contributed by atoms with van der Waals surface area (Å²) in [5.74, 6) is -0.0577. The lowest BCUT2D eigenvalue weighted by Crippen LogP contribution is -2.54. The number of nitrogens with zero attached hydrogens (tertiary/aromatic N) is 3. The van der Waals surface area contributed by atoms with E-state index in [1.54, 1.807) is 18.5 Å². The zero-order chi connectivity index (χ0) is 22.3. The van der Waals surface area contributed by atoms with E-state index in [0.717, 1.165) is 67.7 Å². The number of esters is 1. The summed E-state index contributed by atoms with van der Waals surface area (Å²) in [4.78, 5) is 33.5. The van der Waals surface area contributed by atoms with Gasteiger partial charge in [0.15, 0.2) is 0 Å². The first-order valence-electron chi connectivity index (χ1n) is 11.4. The fourth-order valence-corrected chi connectivity index (χ4v) is 5.54. The van der Waals surface area contributed by atoms with Crippen LogP contribution in [0.3, 0.4) is 0 Å². The van der Waals surface area contributed by atoms with Crippen LogP contribution in [0.5, 0.6) is 0 Å². The second-order valence-corrected chi connectivity index (χ2v) is 9.24. The van der Waals surface area contributed by atoms with E-state index < -0.39 is 6.10 Å². The molecule has 1 aromatic heterocycles. The van der Waals surface area contributed by atoms with Gasteiger partial charge in [0.25, 0.3) is 0 Å². The average Bonchev–Trinajstić information content (AvgIpc) is 3.19. The number of cyclic esters (lactones) is 1. The van der Waals surface area contributed by atoms with Crippen molar-refractivity contribution < 1.29 is 19.4 Å². The molecule has 3 aliphatic rings. The number of β-amino-alcohol motifs (C(OH)–C–C–N with tert-alkyl or cyclic N) is 1. The summed E-state index contributed by atoms with van der Waals surface area (Å²) in [6.45, 7) is 5.09. The third kappa shape index (κ3) is 3.59. The van der Waals surface area contributed by atoms with E-state index in [9.17, 15) is 14.7 Å². The van der Waals surface area contributed by atoms with E-state index in [1.165, 1.54) is 0 Å². The van der Waals surface area contributed by atoms with Gasteiger partial charge in [0, 0.05) is 36.7 Å². The summed E-state index contributed by atoms with van der Waals surface area (Å²) in [5, 5.41) is 10.9. The summed E-state index contributed by atoms with van der Waals surface area (Å²) in [6.07, 6.45) is 6.39. The second kappa shape index (κ2) is 8.30. The van der Waals surface area contributed by atoms with Crippen LogP contribution in [0.1, 0.15) is 58.8 Å². The summed E-state index contributed by atoms with van der Waals surface area (Å²) in [6, 6.07) is 7.41. The Morgan fingerprint density at radius 2 is 1.84 bits per heavy atom. The molecular formula is C25H29N3O4. The molecule has 1 N–H and O–H groups in total. The maximum absolute atomic E-state index is 13.4. The van der Waals surface area contributed by atoms with Crippen LogP contribution >= 0.6 is 0 Å². The Kier molecular flexibility index (Phi) is 5.47. The van der Waals surface area contributed by atoms with Crippen molar-refractivity contribution in [1.82, 2.24) is 9.88 Å². The number of rotatable bonds is 4. The van der Waals surface area contributed by atoms with Gasteiger partial charge in [0.05, 0.1) is 17.1 Å². The molecule has 5 rings (SSSR count). The number of hydrogen-bond donors (Lipinski definition) is 1. The minimum atomic E-state index is -0.638. The Bertz CT molecular complexity index is 1030. The highest BCUT2D eigenvalue weighted by molar-refractivity contribution is 5.98. The van der Waals surface area contributed by atoms with Crippen LogP contribution in [0.4, 0.5) is 5.69 Å². The fourth-order valence-electron chi connectivity index (χ4n) is 5.54. The van der Waals surface area contributed by atoms with Crippen molar-refractivity contribution >= 4 is 17.6 Å². The van der Waals surface area contributed by atoms with Gasteiger partial charge in [-0.1, -0.05) is 6.07 Å². The van der Waals surface area contributed by atoms with E-state index in [-0.39, 0.29) is 23.9 Å². The summed E-state index contributed by atoms with van der Waals surface area (Å²) >= 11 is 0. The first-order chi connectivity index (χ1) is 15.5. The topological polar surface area (TPSA) is 83.0 Å². The lowest BCUT2D eigenvalue weighted by molar-refractivity contribution is -0.133. The molecule has 2 aromatic rings. The minimum absolute atomic E-state index is 0.231. The maximum atomic E-state index is 13.4.